The second-order valence-corrected chi connectivity index (χ2v) is 9.44. The van der Waals surface area contributed by atoms with Gasteiger partial charge in [-0.25, -0.2) is 17.2 Å². The molecule has 0 radical (unpaired) electrons. The van der Waals surface area contributed by atoms with E-state index in [1.54, 1.807) is 6.92 Å². The van der Waals surface area contributed by atoms with Crippen LogP contribution in [0.1, 0.15) is 35.9 Å². The van der Waals surface area contributed by atoms with Crippen LogP contribution in [0.3, 0.4) is 0 Å². The van der Waals surface area contributed by atoms with Gasteiger partial charge in [-0.15, -0.1) is 0 Å². The van der Waals surface area contributed by atoms with E-state index in [0.29, 0.717) is 0 Å². The van der Waals surface area contributed by atoms with Gasteiger partial charge in [-0.3, -0.25) is 9.59 Å². The third-order valence-corrected chi connectivity index (χ3v) is 7.61. The van der Waals surface area contributed by atoms with Crippen molar-refractivity contribution in [2.75, 3.05) is 20.1 Å². The number of likely N-dealkylation sites (N-methyl/N-ethyl adjacent to an activating group) is 1. The number of sulfonamides is 1. The van der Waals surface area contributed by atoms with E-state index in [2.05, 4.69) is 15.8 Å². The third-order valence-electron chi connectivity index (χ3n) is 5.46. The first kappa shape index (κ1) is 23.8. The van der Waals surface area contributed by atoms with E-state index in [9.17, 15) is 26.8 Å². The summed E-state index contributed by atoms with van der Waals surface area (Å²) < 4.78 is 59.0. The lowest BCUT2D eigenvalue weighted by Gasteiger charge is -2.31. The molecule has 1 aliphatic heterocycles. The summed E-state index contributed by atoms with van der Waals surface area (Å²) in [5, 5.41) is 8.64. The fraction of sp³-hybridized carbons (Fsp3) is 0.450. The van der Waals surface area contributed by atoms with Gasteiger partial charge in [-0.2, -0.15) is 4.31 Å². The molecule has 1 atom stereocenters. The van der Waals surface area contributed by atoms with Crippen LogP contribution in [0.4, 0.5) is 8.78 Å². The molecule has 1 saturated heterocycles. The molecule has 2 N–H and O–H groups in total. The molecule has 1 fully saturated rings. The van der Waals surface area contributed by atoms with Gasteiger partial charge in [0.25, 0.3) is 0 Å². The predicted octanol–water partition coefficient (Wildman–Crippen LogP) is 1.57. The lowest BCUT2D eigenvalue weighted by Crippen LogP contribution is -2.46. The van der Waals surface area contributed by atoms with Gasteiger partial charge in [-0.05, 0) is 44.4 Å². The van der Waals surface area contributed by atoms with Crippen molar-refractivity contribution < 1.29 is 31.3 Å². The number of aryl methyl sites for hydroxylation is 2. The molecule has 174 valence electrons. The highest BCUT2D eigenvalue weighted by Gasteiger charge is 2.36. The smallest absolute Gasteiger partial charge is 0.248 e. The van der Waals surface area contributed by atoms with Crippen LogP contribution in [0.5, 0.6) is 0 Å². The average molecular weight is 470 g/mol. The normalized spacial score (nSPS) is 16.5. The Bertz CT molecular complexity index is 1110. The van der Waals surface area contributed by atoms with Crippen LogP contribution in [-0.4, -0.2) is 49.8 Å². The van der Waals surface area contributed by atoms with E-state index in [0.717, 1.165) is 12.1 Å². The van der Waals surface area contributed by atoms with Crippen LogP contribution in [0.15, 0.2) is 27.6 Å². The van der Waals surface area contributed by atoms with Gasteiger partial charge in [0.05, 0.1) is 0 Å². The number of halogens is 2. The largest absolute Gasteiger partial charge is 0.360 e. The Morgan fingerprint density at radius 2 is 1.84 bits per heavy atom. The molecule has 0 bridgehead atoms. The Labute approximate surface area is 184 Å². The molecule has 1 aromatic heterocycles. The second-order valence-electron chi connectivity index (χ2n) is 7.56. The van der Waals surface area contributed by atoms with Crippen LogP contribution in [0.25, 0.3) is 0 Å². The molecule has 0 spiro atoms. The number of hydrogen-bond donors (Lipinski definition) is 2. The monoisotopic (exact) mass is 470 g/mol. The van der Waals surface area contributed by atoms with Crippen molar-refractivity contribution in [1.29, 1.82) is 0 Å². The average Bonchev–Trinajstić information content (AvgIpc) is 3.12. The van der Waals surface area contributed by atoms with Gasteiger partial charge in [0.1, 0.15) is 16.6 Å². The van der Waals surface area contributed by atoms with Crippen molar-refractivity contribution >= 4 is 21.8 Å². The number of amides is 2. The molecule has 0 saturated carbocycles. The molecule has 2 heterocycles. The van der Waals surface area contributed by atoms with Crippen LogP contribution in [0.2, 0.25) is 0 Å². The fourth-order valence-corrected chi connectivity index (χ4v) is 5.49. The van der Waals surface area contributed by atoms with Gasteiger partial charge in [0.15, 0.2) is 17.4 Å². The summed E-state index contributed by atoms with van der Waals surface area (Å²) in [6.45, 7) is 3.26. The number of nitrogens with one attached hydrogen (secondary N) is 2. The number of carbonyl (C=O) groups excluding carboxylic acids is 2. The predicted molar refractivity (Wildman–Crippen MR) is 109 cm³/mol. The quantitative estimate of drug-likeness (QED) is 0.661. The zero-order valence-corrected chi connectivity index (χ0v) is 18.6. The minimum absolute atomic E-state index is 0.0263. The first-order chi connectivity index (χ1) is 15.1. The van der Waals surface area contributed by atoms with E-state index in [-0.39, 0.29) is 47.8 Å². The first-order valence-electron chi connectivity index (χ1n) is 9.96. The maximum absolute atomic E-state index is 13.6. The highest BCUT2D eigenvalue weighted by Crippen LogP contribution is 2.28. The second kappa shape index (κ2) is 9.33. The lowest BCUT2D eigenvalue weighted by molar-refractivity contribution is -0.131. The van der Waals surface area contributed by atoms with Gasteiger partial charge in [0.2, 0.25) is 21.8 Å². The highest BCUT2D eigenvalue weighted by molar-refractivity contribution is 7.89. The minimum Gasteiger partial charge on any atom is -0.360 e. The summed E-state index contributed by atoms with van der Waals surface area (Å²) in [4.78, 5) is 25.1. The Morgan fingerprint density at radius 1 is 1.19 bits per heavy atom. The molecule has 3 rings (SSSR count). The topological polar surface area (TPSA) is 122 Å². The number of rotatable bonds is 6. The summed E-state index contributed by atoms with van der Waals surface area (Å²) in [7, 11) is -2.46. The fourth-order valence-electron chi connectivity index (χ4n) is 3.73. The van der Waals surface area contributed by atoms with Gasteiger partial charge >= 0.3 is 0 Å². The molecule has 0 aliphatic carbocycles. The SMILES string of the molecule is CNC(=O)C(NC(=O)C1CCN(S(=O)(=O)c2c(C)noc2C)CC1)c1ccc(F)c(F)c1. The van der Waals surface area contributed by atoms with Crippen molar-refractivity contribution in [3.63, 3.8) is 0 Å². The summed E-state index contributed by atoms with van der Waals surface area (Å²) in [5.74, 6) is -3.63. The molecule has 2 amide bonds. The van der Waals surface area contributed by atoms with Crippen LogP contribution in [-0.2, 0) is 19.6 Å². The van der Waals surface area contributed by atoms with Gasteiger partial charge in [-0.1, -0.05) is 11.2 Å². The number of nitrogens with zero attached hydrogens (tertiary/aromatic N) is 2. The number of piperidine rings is 1. The molecule has 32 heavy (non-hydrogen) atoms. The highest BCUT2D eigenvalue weighted by atomic mass is 32.2. The molecule has 12 heteroatoms. The molecule has 1 aliphatic rings. The molecular formula is C20H24F2N4O5S. The molecule has 2 aromatic rings. The van der Waals surface area contributed by atoms with Gasteiger partial charge in [0, 0.05) is 26.1 Å². The van der Waals surface area contributed by atoms with Crippen molar-refractivity contribution in [2.24, 2.45) is 5.92 Å². The van der Waals surface area contributed by atoms with Crippen LogP contribution in [0, 0.1) is 31.4 Å². The number of aromatic nitrogens is 1. The lowest BCUT2D eigenvalue weighted by atomic mass is 9.96. The Kier molecular flexibility index (Phi) is 6.94. The zero-order valence-electron chi connectivity index (χ0n) is 17.8. The van der Waals surface area contributed by atoms with Gasteiger partial charge < -0.3 is 15.2 Å². The minimum atomic E-state index is -3.82. The number of hydrogen-bond acceptors (Lipinski definition) is 6. The molecule has 1 unspecified atom stereocenters. The van der Waals surface area contributed by atoms with Crippen molar-refractivity contribution in [3.8, 4) is 0 Å². The van der Waals surface area contributed by atoms with Crippen LogP contribution < -0.4 is 10.6 Å². The molecule has 9 nitrogen and oxygen atoms in total. The standard InChI is InChI=1S/C20H24F2N4O5S/c1-11-18(12(2)31-25-11)32(29,30)26-8-6-13(7-9-26)19(27)24-17(20(28)23-3)14-4-5-15(21)16(22)10-14/h4-5,10,13,17H,6-9H2,1-3H3,(H,23,28)(H,24,27). The van der Waals surface area contributed by atoms with Crippen molar-refractivity contribution in [1.82, 2.24) is 20.1 Å². The maximum Gasteiger partial charge on any atom is 0.248 e. The molecule has 1 aromatic carbocycles. The summed E-state index contributed by atoms with van der Waals surface area (Å²) in [6.07, 6.45) is 0.458. The van der Waals surface area contributed by atoms with E-state index in [4.69, 9.17) is 4.52 Å². The Morgan fingerprint density at radius 3 is 2.38 bits per heavy atom. The Hall–Kier alpha value is -2.86. The van der Waals surface area contributed by atoms with Crippen molar-refractivity contribution in [2.45, 2.75) is 37.6 Å². The summed E-state index contributed by atoms with van der Waals surface area (Å²) in [6, 6.07) is 1.74. The van der Waals surface area contributed by atoms with E-state index < -0.39 is 45.4 Å². The maximum atomic E-state index is 13.6. The van der Waals surface area contributed by atoms with E-state index in [1.807, 2.05) is 0 Å². The molecular weight excluding hydrogens is 446 g/mol. The number of benzene rings is 1. The van der Waals surface area contributed by atoms with E-state index in [1.165, 1.54) is 24.3 Å². The Balaban J connectivity index is 1.70. The number of carbonyl (C=O) groups is 2. The third kappa shape index (κ3) is 4.65. The van der Waals surface area contributed by atoms with E-state index >= 15 is 0 Å². The van der Waals surface area contributed by atoms with Crippen molar-refractivity contribution in [3.05, 3.63) is 46.9 Å². The first-order valence-corrected chi connectivity index (χ1v) is 11.4. The zero-order chi connectivity index (χ0) is 23.6. The summed E-state index contributed by atoms with van der Waals surface area (Å²) >= 11 is 0. The van der Waals surface area contributed by atoms with Crippen LogP contribution >= 0.6 is 0 Å². The summed E-state index contributed by atoms with van der Waals surface area (Å²) in [5.41, 5.74) is 0.359.